The first kappa shape index (κ1) is 24.4. The summed E-state index contributed by atoms with van der Waals surface area (Å²) in [6.07, 6.45) is 3.41. The lowest BCUT2D eigenvalue weighted by Crippen LogP contribution is -2.26. The predicted molar refractivity (Wildman–Crippen MR) is 124 cm³/mol. The SMILES string of the molecule is CCCCN(CC)c1ccc([N+](=O)[O-])cc1/C=N/NC(=O)COc1ccc(Cl)cc1Cl. The van der Waals surface area contributed by atoms with E-state index in [9.17, 15) is 14.9 Å². The van der Waals surface area contributed by atoms with Crippen molar-refractivity contribution in [1.29, 1.82) is 0 Å². The number of benzene rings is 2. The number of non-ortho nitro benzene ring substituents is 1. The van der Waals surface area contributed by atoms with Gasteiger partial charge in [-0.1, -0.05) is 36.5 Å². The minimum Gasteiger partial charge on any atom is -0.482 e. The highest BCUT2D eigenvalue weighted by Gasteiger charge is 2.14. The van der Waals surface area contributed by atoms with Crippen molar-refractivity contribution in [2.75, 3.05) is 24.6 Å². The highest BCUT2D eigenvalue weighted by Crippen LogP contribution is 2.27. The summed E-state index contributed by atoms with van der Waals surface area (Å²) >= 11 is 11.8. The Morgan fingerprint density at radius 2 is 2.03 bits per heavy atom. The van der Waals surface area contributed by atoms with Crippen LogP contribution in [0.2, 0.25) is 10.0 Å². The molecule has 0 fully saturated rings. The van der Waals surface area contributed by atoms with E-state index < -0.39 is 10.8 Å². The van der Waals surface area contributed by atoms with Gasteiger partial charge in [-0.05, 0) is 37.6 Å². The Balaban J connectivity index is 2.09. The lowest BCUT2D eigenvalue weighted by Gasteiger charge is -2.24. The molecule has 0 spiro atoms. The third-order valence-corrected chi connectivity index (χ3v) is 4.90. The van der Waals surface area contributed by atoms with Gasteiger partial charge in [0.05, 0.1) is 16.2 Å². The Kier molecular flexibility index (Phi) is 9.55. The number of unbranched alkanes of at least 4 members (excludes halogenated alkanes) is 1. The average Bonchev–Trinajstić information content (AvgIpc) is 2.74. The molecule has 0 saturated heterocycles. The number of nitrogens with one attached hydrogen (secondary N) is 1. The maximum absolute atomic E-state index is 12.0. The lowest BCUT2D eigenvalue weighted by atomic mass is 10.1. The monoisotopic (exact) mass is 466 g/mol. The number of anilines is 1. The number of nitro benzene ring substituents is 1. The molecule has 10 heteroatoms. The molecule has 0 aliphatic carbocycles. The molecule has 1 N–H and O–H groups in total. The highest BCUT2D eigenvalue weighted by molar-refractivity contribution is 6.35. The summed E-state index contributed by atoms with van der Waals surface area (Å²) in [5.74, 6) is -0.187. The van der Waals surface area contributed by atoms with Crippen molar-refractivity contribution in [2.45, 2.75) is 26.7 Å². The van der Waals surface area contributed by atoms with Crippen molar-refractivity contribution in [2.24, 2.45) is 5.10 Å². The Hall–Kier alpha value is -2.84. The van der Waals surface area contributed by atoms with Crippen molar-refractivity contribution in [3.63, 3.8) is 0 Å². The van der Waals surface area contributed by atoms with Crippen molar-refractivity contribution < 1.29 is 14.5 Å². The largest absolute Gasteiger partial charge is 0.482 e. The molecule has 1 amide bonds. The molecule has 31 heavy (non-hydrogen) atoms. The normalized spacial score (nSPS) is 10.8. The fraction of sp³-hybridized carbons (Fsp3) is 0.333. The third kappa shape index (κ3) is 7.41. The maximum atomic E-state index is 12.0. The summed E-state index contributed by atoms with van der Waals surface area (Å²) in [6, 6.07) is 9.27. The molecule has 0 radical (unpaired) electrons. The minimum absolute atomic E-state index is 0.0521. The van der Waals surface area contributed by atoms with E-state index in [-0.39, 0.29) is 17.3 Å². The molecule has 166 valence electrons. The molecule has 2 aromatic rings. The van der Waals surface area contributed by atoms with Crippen LogP contribution in [-0.4, -0.2) is 36.7 Å². The highest BCUT2D eigenvalue weighted by atomic mass is 35.5. The molecule has 0 unspecified atom stereocenters. The number of carbonyl (C=O) groups is 1. The van der Waals surface area contributed by atoms with Crippen LogP contribution >= 0.6 is 23.2 Å². The zero-order valence-electron chi connectivity index (χ0n) is 17.3. The van der Waals surface area contributed by atoms with Crippen molar-refractivity contribution in [3.8, 4) is 5.75 Å². The van der Waals surface area contributed by atoms with Gasteiger partial charge in [-0.3, -0.25) is 14.9 Å². The quantitative estimate of drug-likeness (QED) is 0.283. The van der Waals surface area contributed by atoms with Crippen LogP contribution in [0.15, 0.2) is 41.5 Å². The van der Waals surface area contributed by atoms with Crippen LogP contribution < -0.4 is 15.1 Å². The zero-order valence-corrected chi connectivity index (χ0v) is 18.8. The summed E-state index contributed by atoms with van der Waals surface area (Å²) in [5, 5.41) is 15.9. The average molecular weight is 467 g/mol. The predicted octanol–water partition coefficient (Wildman–Crippen LogP) is 5.06. The lowest BCUT2D eigenvalue weighted by molar-refractivity contribution is -0.384. The van der Waals surface area contributed by atoms with E-state index in [1.165, 1.54) is 24.4 Å². The first-order valence-corrected chi connectivity index (χ1v) is 10.5. The minimum atomic E-state index is -0.507. The number of nitrogens with zero attached hydrogens (tertiary/aromatic N) is 3. The van der Waals surface area contributed by atoms with Gasteiger partial charge in [0.25, 0.3) is 11.6 Å². The second kappa shape index (κ2) is 12.1. The molecule has 2 rings (SSSR count). The Labute approximate surface area is 190 Å². The molecule has 0 heterocycles. The topological polar surface area (TPSA) is 97.1 Å². The van der Waals surface area contributed by atoms with Gasteiger partial charge in [-0.2, -0.15) is 5.10 Å². The number of hydrogen-bond acceptors (Lipinski definition) is 6. The molecule has 0 atom stereocenters. The number of rotatable bonds is 11. The summed E-state index contributed by atoms with van der Waals surface area (Å²) < 4.78 is 5.36. The zero-order chi connectivity index (χ0) is 22.8. The van der Waals surface area contributed by atoms with Crippen molar-refractivity contribution in [1.82, 2.24) is 5.43 Å². The fourth-order valence-electron chi connectivity index (χ4n) is 2.79. The van der Waals surface area contributed by atoms with Gasteiger partial charge in [-0.15, -0.1) is 0 Å². The van der Waals surface area contributed by atoms with E-state index >= 15 is 0 Å². The molecule has 2 aromatic carbocycles. The van der Waals surface area contributed by atoms with Gasteiger partial charge in [0.1, 0.15) is 5.75 Å². The number of amides is 1. The number of ether oxygens (including phenoxy) is 1. The number of hydrazone groups is 1. The summed E-state index contributed by atoms with van der Waals surface area (Å²) in [6.45, 7) is 5.35. The van der Waals surface area contributed by atoms with E-state index in [0.717, 1.165) is 31.6 Å². The van der Waals surface area contributed by atoms with Gasteiger partial charge < -0.3 is 9.64 Å². The number of halogens is 2. The van der Waals surface area contributed by atoms with Crippen LogP contribution in [0, 0.1) is 10.1 Å². The molecular formula is C21H24Cl2N4O4. The fourth-order valence-corrected chi connectivity index (χ4v) is 3.25. The van der Waals surface area contributed by atoms with Gasteiger partial charge in [0, 0.05) is 41.5 Å². The Morgan fingerprint density at radius 1 is 1.26 bits per heavy atom. The van der Waals surface area contributed by atoms with E-state index in [2.05, 4.69) is 22.4 Å². The van der Waals surface area contributed by atoms with Crippen LogP contribution in [0.4, 0.5) is 11.4 Å². The van der Waals surface area contributed by atoms with Gasteiger partial charge in [0.2, 0.25) is 0 Å². The molecule has 0 saturated carbocycles. The second-order valence-corrected chi connectivity index (χ2v) is 7.43. The summed E-state index contributed by atoms with van der Waals surface area (Å²) in [7, 11) is 0. The first-order chi connectivity index (χ1) is 14.8. The van der Waals surface area contributed by atoms with Crippen molar-refractivity contribution in [3.05, 3.63) is 62.1 Å². The molecule has 0 aromatic heterocycles. The standard InChI is InChI=1S/C21H24Cl2N4O4/c1-3-5-10-26(4-2)19-8-7-17(27(29)30)11-15(19)13-24-25-21(28)14-31-20-9-6-16(22)12-18(20)23/h6-9,11-13H,3-5,10,14H2,1-2H3,(H,25,28)/b24-13+. The smallest absolute Gasteiger partial charge is 0.277 e. The van der Waals surface area contributed by atoms with Crippen LogP contribution in [0.1, 0.15) is 32.3 Å². The first-order valence-electron chi connectivity index (χ1n) is 9.78. The van der Waals surface area contributed by atoms with E-state index in [1.807, 2.05) is 6.92 Å². The van der Waals surface area contributed by atoms with Crippen LogP contribution in [-0.2, 0) is 4.79 Å². The molecule has 0 bridgehead atoms. The molecule has 8 nitrogen and oxygen atoms in total. The summed E-state index contributed by atoms with van der Waals surface area (Å²) in [4.78, 5) is 24.9. The van der Waals surface area contributed by atoms with Gasteiger partial charge in [0.15, 0.2) is 6.61 Å². The van der Waals surface area contributed by atoms with E-state index in [0.29, 0.717) is 16.3 Å². The van der Waals surface area contributed by atoms with Crippen LogP contribution in [0.3, 0.4) is 0 Å². The summed E-state index contributed by atoms with van der Waals surface area (Å²) in [5.41, 5.74) is 3.65. The molecule has 0 aliphatic rings. The number of hydrogen-bond donors (Lipinski definition) is 1. The molecule has 0 aliphatic heterocycles. The second-order valence-electron chi connectivity index (χ2n) is 6.59. The molecular weight excluding hydrogens is 443 g/mol. The third-order valence-electron chi connectivity index (χ3n) is 4.37. The Bertz CT molecular complexity index is 953. The van der Waals surface area contributed by atoms with Gasteiger partial charge in [-0.25, -0.2) is 5.43 Å². The van der Waals surface area contributed by atoms with Crippen LogP contribution in [0.25, 0.3) is 0 Å². The number of nitro groups is 1. The van der Waals surface area contributed by atoms with Crippen LogP contribution in [0.5, 0.6) is 5.75 Å². The van der Waals surface area contributed by atoms with Crippen molar-refractivity contribution >= 4 is 46.7 Å². The Morgan fingerprint density at radius 3 is 2.68 bits per heavy atom. The van der Waals surface area contributed by atoms with Gasteiger partial charge >= 0.3 is 0 Å². The van der Waals surface area contributed by atoms with E-state index in [4.69, 9.17) is 27.9 Å². The van der Waals surface area contributed by atoms with E-state index in [1.54, 1.807) is 18.2 Å². The maximum Gasteiger partial charge on any atom is 0.277 e. The number of carbonyl (C=O) groups excluding carboxylic acids is 1.